The average molecular weight is 267 g/mol. The Labute approximate surface area is 119 Å². The molecule has 4 heteroatoms. The molecule has 0 spiro atoms. The van der Waals surface area contributed by atoms with Crippen molar-refractivity contribution in [3.8, 4) is 6.07 Å². The highest BCUT2D eigenvalue weighted by molar-refractivity contribution is 5.26. The molecule has 102 valence electrons. The summed E-state index contributed by atoms with van der Waals surface area (Å²) in [6.45, 7) is 2.12. The normalized spacial score (nSPS) is 10.2. The minimum absolute atomic E-state index is 0.450. The van der Waals surface area contributed by atoms with E-state index in [2.05, 4.69) is 28.5 Å². The zero-order valence-electron chi connectivity index (χ0n) is 11.5. The lowest BCUT2D eigenvalue weighted by atomic mass is 10.1. The van der Waals surface area contributed by atoms with Gasteiger partial charge in [-0.2, -0.15) is 5.26 Å². The van der Waals surface area contributed by atoms with Gasteiger partial charge < -0.3 is 10.1 Å². The first kappa shape index (κ1) is 14.2. The zero-order chi connectivity index (χ0) is 14.2. The largest absolute Gasteiger partial charge is 0.380 e. The monoisotopic (exact) mass is 267 g/mol. The molecule has 1 heterocycles. The highest BCUT2D eigenvalue weighted by Crippen LogP contribution is 2.07. The number of methoxy groups -OCH3 is 1. The third-order valence-corrected chi connectivity index (χ3v) is 2.90. The summed E-state index contributed by atoms with van der Waals surface area (Å²) in [7, 11) is 1.70. The number of benzene rings is 1. The van der Waals surface area contributed by atoms with Crippen LogP contribution in [0.1, 0.15) is 22.4 Å². The van der Waals surface area contributed by atoms with Gasteiger partial charge in [-0.15, -0.1) is 0 Å². The van der Waals surface area contributed by atoms with Crippen molar-refractivity contribution in [3.05, 3.63) is 65.0 Å². The fourth-order valence-corrected chi connectivity index (χ4v) is 1.99. The molecule has 0 aliphatic rings. The van der Waals surface area contributed by atoms with Crippen molar-refractivity contribution >= 4 is 0 Å². The molecule has 0 saturated carbocycles. The predicted molar refractivity (Wildman–Crippen MR) is 76.7 cm³/mol. The number of aromatic nitrogens is 1. The maximum absolute atomic E-state index is 8.80. The second kappa shape index (κ2) is 7.39. The minimum Gasteiger partial charge on any atom is -0.380 e. The van der Waals surface area contributed by atoms with E-state index in [4.69, 9.17) is 10.00 Å². The lowest BCUT2D eigenvalue weighted by Crippen LogP contribution is -2.13. The molecule has 2 rings (SSSR count). The molecule has 0 amide bonds. The van der Waals surface area contributed by atoms with Gasteiger partial charge >= 0.3 is 0 Å². The summed E-state index contributed by atoms with van der Waals surface area (Å²) in [5.74, 6) is 0. The highest BCUT2D eigenvalue weighted by atomic mass is 16.5. The van der Waals surface area contributed by atoms with Crippen LogP contribution in [0.4, 0.5) is 0 Å². The smallest absolute Gasteiger partial charge is 0.140 e. The zero-order valence-corrected chi connectivity index (χ0v) is 11.5. The fraction of sp³-hybridized carbons (Fsp3) is 0.250. The quantitative estimate of drug-likeness (QED) is 0.873. The van der Waals surface area contributed by atoms with Gasteiger partial charge in [0.15, 0.2) is 0 Å². The summed E-state index contributed by atoms with van der Waals surface area (Å²) >= 11 is 0. The molecule has 0 unspecified atom stereocenters. The van der Waals surface area contributed by atoms with E-state index in [0.717, 1.165) is 12.1 Å². The van der Waals surface area contributed by atoms with Gasteiger partial charge in [-0.25, -0.2) is 4.98 Å². The summed E-state index contributed by atoms with van der Waals surface area (Å²) in [4.78, 5) is 3.95. The third kappa shape index (κ3) is 4.16. The molecular formula is C16H17N3O. The van der Waals surface area contributed by atoms with Crippen LogP contribution in [-0.2, 0) is 24.4 Å². The van der Waals surface area contributed by atoms with Crippen molar-refractivity contribution < 1.29 is 4.74 Å². The van der Waals surface area contributed by atoms with E-state index in [-0.39, 0.29) is 0 Å². The molecule has 1 aromatic heterocycles. The Hall–Kier alpha value is -2.22. The Morgan fingerprint density at radius 2 is 1.90 bits per heavy atom. The van der Waals surface area contributed by atoms with Gasteiger partial charge in [0.05, 0.1) is 6.61 Å². The van der Waals surface area contributed by atoms with E-state index in [0.29, 0.717) is 18.8 Å². The molecule has 0 fully saturated rings. The van der Waals surface area contributed by atoms with Gasteiger partial charge in [-0.05, 0) is 28.8 Å². The van der Waals surface area contributed by atoms with Crippen molar-refractivity contribution in [1.29, 1.82) is 5.26 Å². The lowest BCUT2D eigenvalue weighted by molar-refractivity contribution is 0.185. The molecular weight excluding hydrogens is 250 g/mol. The Morgan fingerprint density at radius 1 is 1.15 bits per heavy atom. The van der Waals surface area contributed by atoms with Crippen LogP contribution in [0, 0.1) is 11.3 Å². The number of pyridine rings is 1. The van der Waals surface area contributed by atoms with Gasteiger partial charge in [-0.1, -0.05) is 24.3 Å². The molecule has 0 saturated heterocycles. The first-order valence-electron chi connectivity index (χ1n) is 6.44. The van der Waals surface area contributed by atoms with Gasteiger partial charge in [0, 0.05) is 26.4 Å². The Kier molecular flexibility index (Phi) is 5.24. The molecule has 4 nitrogen and oxygen atoms in total. The van der Waals surface area contributed by atoms with Crippen LogP contribution in [0.25, 0.3) is 0 Å². The minimum atomic E-state index is 0.450. The van der Waals surface area contributed by atoms with Crippen molar-refractivity contribution in [2.45, 2.75) is 19.7 Å². The molecule has 0 aliphatic carbocycles. The Bertz CT molecular complexity index is 605. The summed E-state index contributed by atoms with van der Waals surface area (Å²) in [5, 5.41) is 12.2. The van der Waals surface area contributed by atoms with Crippen molar-refractivity contribution in [1.82, 2.24) is 10.3 Å². The number of rotatable bonds is 6. The molecule has 0 atom stereocenters. The molecule has 0 radical (unpaired) electrons. The number of nitrogens with zero attached hydrogens (tertiary/aromatic N) is 2. The van der Waals surface area contributed by atoms with Gasteiger partial charge in [-0.3, -0.25) is 0 Å². The molecule has 1 N–H and O–H groups in total. The number of nitrogens with one attached hydrogen (secondary N) is 1. The molecule has 2 aromatic rings. The number of ether oxygens (including phenoxy) is 1. The van der Waals surface area contributed by atoms with Gasteiger partial charge in [0.2, 0.25) is 0 Å². The van der Waals surface area contributed by atoms with Crippen LogP contribution in [0.15, 0.2) is 42.6 Å². The van der Waals surface area contributed by atoms with Crippen LogP contribution in [0.5, 0.6) is 0 Å². The van der Waals surface area contributed by atoms with Crippen LogP contribution >= 0.6 is 0 Å². The van der Waals surface area contributed by atoms with E-state index in [9.17, 15) is 0 Å². The second-order valence-corrected chi connectivity index (χ2v) is 4.52. The van der Waals surface area contributed by atoms with Crippen molar-refractivity contribution in [2.24, 2.45) is 0 Å². The number of nitriles is 1. The van der Waals surface area contributed by atoms with Crippen molar-refractivity contribution in [2.75, 3.05) is 7.11 Å². The van der Waals surface area contributed by atoms with Crippen molar-refractivity contribution in [3.63, 3.8) is 0 Å². The standard InChI is InChI=1S/C16H17N3O/c1-20-12-15-4-2-3-13(7-15)10-18-11-14-5-6-19-16(8-14)9-17/h2-8,18H,10-12H2,1H3. The van der Waals surface area contributed by atoms with Crippen LogP contribution < -0.4 is 5.32 Å². The third-order valence-electron chi connectivity index (χ3n) is 2.90. The molecule has 1 aromatic carbocycles. The second-order valence-electron chi connectivity index (χ2n) is 4.52. The molecule has 0 bridgehead atoms. The topological polar surface area (TPSA) is 57.9 Å². The SMILES string of the molecule is COCc1cccc(CNCc2ccnc(C#N)c2)c1. The lowest BCUT2D eigenvalue weighted by Gasteiger charge is -2.07. The fourth-order valence-electron chi connectivity index (χ4n) is 1.99. The number of hydrogen-bond donors (Lipinski definition) is 1. The molecule has 0 aliphatic heterocycles. The van der Waals surface area contributed by atoms with Crippen LogP contribution in [0.3, 0.4) is 0 Å². The summed E-state index contributed by atoms with van der Waals surface area (Å²) in [5.41, 5.74) is 3.90. The number of hydrogen-bond acceptors (Lipinski definition) is 4. The van der Waals surface area contributed by atoms with E-state index < -0.39 is 0 Å². The maximum atomic E-state index is 8.80. The molecule has 20 heavy (non-hydrogen) atoms. The van der Waals surface area contributed by atoms with Crippen LogP contribution in [0.2, 0.25) is 0 Å². The maximum Gasteiger partial charge on any atom is 0.140 e. The summed E-state index contributed by atoms with van der Waals surface area (Å²) in [6.07, 6.45) is 1.66. The summed E-state index contributed by atoms with van der Waals surface area (Å²) in [6, 6.07) is 14.1. The summed E-state index contributed by atoms with van der Waals surface area (Å²) < 4.78 is 5.12. The van der Waals surface area contributed by atoms with E-state index in [1.165, 1.54) is 11.1 Å². The van der Waals surface area contributed by atoms with E-state index in [1.807, 2.05) is 18.2 Å². The van der Waals surface area contributed by atoms with Crippen LogP contribution in [-0.4, -0.2) is 12.1 Å². The van der Waals surface area contributed by atoms with E-state index >= 15 is 0 Å². The predicted octanol–water partition coefficient (Wildman–Crippen LogP) is 2.39. The first-order chi connectivity index (χ1) is 9.81. The Balaban J connectivity index is 1.89. The van der Waals surface area contributed by atoms with Gasteiger partial charge in [0.25, 0.3) is 0 Å². The van der Waals surface area contributed by atoms with E-state index in [1.54, 1.807) is 19.4 Å². The Morgan fingerprint density at radius 3 is 2.65 bits per heavy atom. The average Bonchev–Trinajstić information content (AvgIpc) is 2.48. The first-order valence-corrected chi connectivity index (χ1v) is 6.44. The van der Waals surface area contributed by atoms with Gasteiger partial charge in [0.1, 0.15) is 11.8 Å². The highest BCUT2D eigenvalue weighted by Gasteiger charge is 1.98.